The molecule has 9 nitrogen and oxygen atoms in total. The van der Waals surface area contributed by atoms with Crippen molar-refractivity contribution < 1.29 is 27.4 Å². The highest BCUT2D eigenvalue weighted by Gasteiger charge is 2.26. The van der Waals surface area contributed by atoms with E-state index in [1.165, 1.54) is 30.6 Å². The Morgan fingerprint density at radius 1 is 0.941 bits per heavy atom. The maximum Gasteiger partial charge on any atom is 0.223 e. The van der Waals surface area contributed by atoms with Gasteiger partial charge in [0, 0.05) is 32.6 Å². The van der Waals surface area contributed by atoms with Gasteiger partial charge in [-0.25, -0.2) is 13.4 Å². The molecule has 4 rings (SSSR count). The number of methoxy groups -OCH3 is 3. The topological polar surface area (TPSA) is 98.3 Å². The molecule has 0 aliphatic carbocycles. The molecule has 0 unspecified atom stereocenters. The van der Waals surface area contributed by atoms with E-state index in [0.717, 1.165) is 21.1 Å². The quantitative estimate of drug-likeness (QED) is 0.461. The van der Waals surface area contributed by atoms with Gasteiger partial charge in [0.25, 0.3) is 0 Å². The SMILES string of the molecule is COc1ccc(S(=O)(=O)CCC(=O)N2CCN(c3nc4c(OC)ccc(OC)c4s3)CC2)cc1. The van der Waals surface area contributed by atoms with Crippen LogP contribution >= 0.6 is 11.3 Å². The Balaban J connectivity index is 1.36. The molecule has 0 N–H and O–H groups in total. The summed E-state index contributed by atoms with van der Waals surface area (Å²) >= 11 is 1.53. The van der Waals surface area contributed by atoms with Crippen LogP contribution in [-0.2, 0) is 14.6 Å². The first-order valence-electron chi connectivity index (χ1n) is 10.8. The number of ether oxygens (including phenoxy) is 3. The molecular weight excluding hydrogens is 478 g/mol. The minimum Gasteiger partial charge on any atom is -0.497 e. The first kappa shape index (κ1) is 24.1. The summed E-state index contributed by atoms with van der Waals surface area (Å²) in [7, 11) is 1.21. The Morgan fingerprint density at radius 3 is 2.21 bits per heavy atom. The Morgan fingerprint density at radius 2 is 1.59 bits per heavy atom. The second kappa shape index (κ2) is 10.1. The molecule has 182 valence electrons. The van der Waals surface area contributed by atoms with E-state index < -0.39 is 9.84 Å². The van der Waals surface area contributed by atoms with Gasteiger partial charge in [0.15, 0.2) is 15.0 Å². The molecule has 1 fully saturated rings. The zero-order valence-corrected chi connectivity index (χ0v) is 20.9. The summed E-state index contributed by atoms with van der Waals surface area (Å²) in [6.07, 6.45) is -0.0517. The smallest absolute Gasteiger partial charge is 0.223 e. The van der Waals surface area contributed by atoms with Crippen molar-refractivity contribution in [3.8, 4) is 17.2 Å². The van der Waals surface area contributed by atoms with Crippen molar-refractivity contribution in [1.29, 1.82) is 0 Å². The van der Waals surface area contributed by atoms with Crippen LogP contribution in [0.3, 0.4) is 0 Å². The average Bonchev–Trinajstić information content (AvgIpc) is 3.32. The fourth-order valence-electron chi connectivity index (χ4n) is 3.84. The maximum atomic E-state index is 12.7. The largest absolute Gasteiger partial charge is 0.497 e. The molecule has 0 radical (unpaired) electrons. The average molecular weight is 506 g/mol. The minimum absolute atomic E-state index is 0.0517. The maximum absolute atomic E-state index is 12.7. The number of amides is 1. The molecule has 0 atom stereocenters. The lowest BCUT2D eigenvalue weighted by molar-refractivity contribution is -0.131. The zero-order chi connectivity index (χ0) is 24.3. The normalized spacial score (nSPS) is 14.3. The van der Waals surface area contributed by atoms with Crippen LogP contribution in [0.15, 0.2) is 41.3 Å². The van der Waals surface area contributed by atoms with Crippen LogP contribution in [0, 0.1) is 0 Å². The first-order chi connectivity index (χ1) is 16.4. The Labute approximate surface area is 202 Å². The van der Waals surface area contributed by atoms with Gasteiger partial charge in [-0.1, -0.05) is 11.3 Å². The van der Waals surface area contributed by atoms with E-state index in [1.54, 1.807) is 31.3 Å². The summed E-state index contributed by atoms with van der Waals surface area (Å²) < 4.78 is 42.1. The summed E-state index contributed by atoms with van der Waals surface area (Å²) in [5.74, 6) is 1.62. The van der Waals surface area contributed by atoms with E-state index in [4.69, 9.17) is 19.2 Å². The molecule has 1 aliphatic rings. The molecule has 2 aromatic carbocycles. The number of carbonyl (C=O) groups excluding carboxylic acids is 1. The zero-order valence-electron chi connectivity index (χ0n) is 19.3. The highest BCUT2D eigenvalue weighted by Crippen LogP contribution is 2.40. The Kier molecular flexibility index (Phi) is 7.13. The van der Waals surface area contributed by atoms with Crippen LogP contribution in [0.1, 0.15) is 6.42 Å². The molecule has 1 aromatic heterocycles. The van der Waals surface area contributed by atoms with Crippen molar-refractivity contribution in [3.63, 3.8) is 0 Å². The molecular formula is C23H27N3O6S2. The number of rotatable bonds is 8. The van der Waals surface area contributed by atoms with Crippen LogP contribution in [0.4, 0.5) is 5.13 Å². The van der Waals surface area contributed by atoms with Gasteiger partial charge >= 0.3 is 0 Å². The fraction of sp³-hybridized carbons (Fsp3) is 0.391. The second-order valence-corrected chi connectivity index (χ2v) is 10.8. The van der Waals surface area contributed by atoms with E-state index in [-0.39, 0.29) is 23.0 Å². The molecule has 3 aromatic rings. The van der Waals surface area contributed by atoms with Crippen LogP contribution in [0.5, 0.6) is 17.2 Å². The number of hydrogen-bond donors (Lipinski definition) is 0. The third-order valence-corrected chi connectivity index (χ3v) is 8.67. The number of sulfone groups is 1. The third-order valence-electron chi connectivity index (χ3n) is 5.81. The van der Waals surface area contributed by atoms with Crippen LogP contribution in [-0.4, -0.2) is 77.5 Å². The molecule has 0 bridgehead atoms. The van der Waals surface area contributed by atoms with Crippen LogP contribution in [0.25, 0.3) is 10.2 Å². The number of anilines is 1. The molecule has 1 amide bonds. The number of aromatic nitrogens is 1. The van der Waals surface area contributed by atoms with Gasteiger partial charge in [0.2, 0.25) is 5.91 Å². The molecule has 2 heterocycles. The number of piperazine rings is 1. The molecule has 0 spiro atoms. The number of nitrogens with zero attached hydrogens (tertiary/aromatic N) is 3. The van der Waals surface area contributed by atoms with Gasteiger partial charge in [-0.3, -0.25) is 4.79 Å². The summed E-state index contributed by atoms with van der Waals surface area (Å²) in [6, 6.07) is 9.89. The Bertz CT molecular complexity index is 1220. The lowest BCUT2D eigenvalue weighted by Gasteiger charge is -2.34. The highest BCUT2D eigenvalue weighted by atomic mass is 32.2. The number of carbonyl (C=O) groups is 1. The summed E-state index contributed by atoms with van der Waals surface area (Å²) in [5, 5.41) is 0.840. The van der Waals surface area contributed by atoms with Crippen LogP contribution < -0.4 is 19.1 Å². The fourth-order valence-corrected chi connectivity index (χ4v) is 6.19. The van der Waals surface area contributed by atoms with Crippen molar-refractivity contribution >= 4 is 42.4 Å². The number of thiazole rings is 1. The molecule has 1 aliphatic heterocycles. The third kappa shape index (κ3) is 4.90. The molecule has 1 saturated heterocycles. The Hall–Kier alpha value is -3.05. The van der Waals surface area contributed by atoms with E-state index >= 15 is 0 Å². The number of hydrogen-bond acceptors (Lipinski definition) is 9. The lowest BCUT2D eigenvalue weighted by Crippen LogP contribution is -2.49. The minimum atomic E-state index is -3.55. The van der Waals surface area contributed by atoms with Gasteiger partial charge in [-0.2, -0.15) is 0 Å². The van der Waals surface area contributed by atoms with Gasteiger partial charge in [0.1, 0.15) is 27.5 Å². The lowest BCUT2D eigenvalue weighted by atomic mass is 10.3. The summed E-state index contributed by atoms with van der Waals surface area (Å²) in [5.41, 5.74) is 0.754. The number of benzene rings is 2. The standard InChI is InChI=1S/C23H27N3O6S2/c1-30-16-4-6-17(7-5-16)34(28,29)15-10-20(27)25-11-13-26(14-12-25)23-24-21-18(31-2)8-9-19(32-3)22(21)33-23/h4-9H,10-15H2,1-3H3. The van der Waals surface area contributed by atoms with Gasteiger partial charge in [-0.05, 0) is 36.4 Å². The van der Waals surface area contributed by atoms with Gasteiger partial charge in [-0.15, -0.1) is 0 Å². The van der Waals surface area contributed by atoms with E-state index in [1.807, 2.05) is 12.1 Å². The predicted octanol–water partition coefficient (Wildman–Crippen LogP) is 2.83. The molecule has 34 heavy (non-hydrogen) atoms. The van der Waals surface area contributed by atoms with Crippen LogP contribution in [0.2, 0.25) is 0 Å². The predicted molar refractivity (Wildman–Crippen MR) is 131 cm³/mol. The van der Waals surface area contributed by atoms with Crippen molar-refractivity contribution in [2.45, 2.75) is 11.3 Å². The summed E-state index contributed by atoms with van der Waals surface area (Å²) in [6.45, 7) is 2.24. The van der Waals surface area contributed by atoms with Gasteiger partial charge < -0.3 is 24.0 Å². The second-order valence-electron chi connectivity index (χ2n) is 7.76. The van der Waals surface area contributed by atoms with E-state index in [0.29, 0.717) is 37.7 Å². The van der Waals surface area contributed by atoms with Gasteiger partial charge in [0.05, 0.1) is 32.0 Å². The number of fused-ring (bicyclic) bond motifs is 1. The highest BCUT2D eigenvalue weighted by molar-refractivity contribution is 7.91. The molecule has 0 saturated carbocycles. The van der Waals surface area contributed by atoms with Crippen molar-refractivity contribution in [3.05, 3.63) is 36.4 Å². The first-order valence-corrected chi connectivity index (χ1v) is 13.2. The monoisotopic (exact) mass is 505 g/mol. The molecule has 11 heteroatoms. The van der Waals surface area contributed by atoms with E-state index in [2.05, 4.69) is 4.90 Å². The summed E-state index contributed by atoms with van der Waals surface area (Å²) in [4.78, 5) is 21.5. The van der Waals surface area contributed by atoms with E-state index in [9.17, 15) is 13.2 Å². The van der Waals surface area contributed by atoms with Crippen molar-refractivity contribution in [2.75, 3.05) is 58.2 Å². The van der Waals surface area contributed by atoms with Crippen molar-refractivity contribution in [1.82, 2.24) is 9.88 Å². The van der Waals surface area contributed by atoms with Crippen molar-refractivity contribution in [2.24, 2.45) is 0 Å².